The van der Waals surface area contributed by atoms with E-state index in [0.717, 1.165) is 70.2 Å². The van der Waals surface area contributed by atoms with E-state index in [9.17, 15) is 34.4 Å². The number of carboxylic acid groups (broad SMARTS) is 1. The molecule has 5 aromatic rings. The second-order valence-corrected chi connectivity index (χ2v) is 14.1. The van der Waals surface area contributed by atoms with E-state index < -0.39 is 42.6 Å². The summed E-state index contributed by atoms with van der Waals surface area (Å²) in [6.45, 7) is 2.21. The van der Waals surface area contributed by atoms with Gasteiger partial charge in [0, 0.05) is 17.2 Å². The number of hydrogen-bond donors (Lipinski definition) is 4. The fourth-order valence-corrected chi connectivity index (χ4v) is 7.58. The summed E-state index contributed by atoms with van der Waals surface area (Å²) < 4.78 is 32.3. The third-order valence-electron chi connectivity index (χ3n) is 9.31. The van der Waals surface area contributed by atoms with E-state index in [-0.39, 0.29) is 24.0 Å². The van der Waals surface area contributed by atoms with Crippen molar-refractivity contribution < 1.29 is 48.6 Å². The summed E-state index contributed by atoms with van der Waals surface area (Å²) in [5.41, 5.74) is 3.86. The Morgan fingerprint density at radius 1 is 0.922 bits per heavy atom. The number of halogens is 1. The molecule has 14 heteroatoms. The summed E-state index contributed by atoms with van der Waals surface area (Å²) in [6, 6.07) is 18.9. The summed E-state index contributed by atoms with van der Waals surface area (Å²) in [5, 5.41) is 40.6. The van der Waals surface area contributed by atoms with E-state index in [1.165, 1.54) is 23.5 Å². The van der Waals surface area contributed by atoms with Crippen LogP contribution in [0.1, 0.15) is 58.4 Å². The van der Waals surface area contributed by atoms with Crippen molar-refractivity contribution in [2.75, 3.05) is 0 Å². The first-order chi connectivity index (χ1) is 24.6. The third-order valence-corrected chi connectivity index (χ3v) is 10.2. The molecule has 0 amide bonds. The SMILES string of the molecule is Cc1nc(-c2ccc(F)cc2)c(COc2ccc(-c3nc4cc(C(=O)O[C@@H]5O[C@H](C(=O)O)[C@H](O)[C@H](O)[C@@H]5O)ccc4n3C3CCCCC3)cc2)s1. The van der Waals surface area contributed by atoms with Crippen LogP contribution in [0.5, 0.6) is 5.75 Å². The molecule has 1 aliphatic heterocycles. The summed E-state index contributed by atoms with van der Waals surface area (Å²) in [5.74, 6) is -1.45. The van der Waals surface area contributed by atoms with Crippen LogP contribution in [0.4, 0.5) is 4.39 Å². The zero-order valence-electron chi connectivity index (χ0n) is 27.5. The molecule has 1 saturated heterocycles. The first kappa shape index (κ1) is 34.7. The molecule has 0 bridgehead atoms. The Balaban J connectivity index is 1.13. The Bertz CT molecular complexity index is 2040. The third kappa shape index (κ3) is 7.10. The Labute approximate surface area is 295 Å². The topological polar surface area (TPSA) is 173 Å². The molecule has 266 valence electrons. The lowest BCUT2D eigenvalue weighted by Crippen LogP contribution is -2.60. The van der Waals surface area contributed by atoms with Crippen LogP contribution < -0.4 is 4.74 Å². The summed E-state index contributed by atoms with van der Waals surface area (Å²) in [6.07, 6.45) is -4.12. The molecule has 0 radical (unpaired) electrons. The average molecular weight is 718 g/mol. The normalized spacial score (nSPS) is 22.6. The first-order valence-corrected chi connectivity index (χ1v) is 17.5. The van der Waals surface area contributed by atoms with Gasteiger partial charge in [0.2, 0.25) is 6.29 Å². The number of carboxylic acids is 1. The molecule has 1 saturated carbocycles. The number of hydrogen-bond acceptors (Lipinski definition) is 11. The maximum atomic E-state index is 13.5. The lowest BCUT2D eigenvalue weighted by Gasteiger charge is -2.37. The van der Waals surface area contributed by atoms with Crippen LogP contribution in [0.2, 0.25) is 0 Å². The molecule has 7 rings (SSSR count). The van der Waals surface area contributed by atoms with Gasteiger partial charge >= 0.3 is 11.9 Å². The van der Waals surface area contributed by atoms with Crippen molar-refractivity contribution in [1.29, 1.82) is 0 Å². The Kier molecular flexibility index (Phi) is 9.86. The molecule has 0 spiro atoms. The molecule has 2 fully saturated rings. The molecule has 3 heterocycles. The highest BCUT2D eigenvalue weighted by molar-refractivity contribution is 7.12. The molecule has 1 aliphatic carbocycles. The molecule has 3 aromatic carbocycles. The van der Waals surface area contributed by atoms with Crippen LogP contribution in [0.25, 0.3) is 33.7 Å². The Hall–Kier alpha value is -4.73. The smallest absolute Gasteiger partial charge is 0.340 e. The van der Waals surface area contributed by atoms with Crippen molar-refractivity contribution in [3.8, 4) is 28.4 Å². The minimum Gasteiger partial charge on any atom is -0.488 e. The second-order valence-electron chi connectivity index (χ2n) is 12.8. The van der Waals surface area contributed by atoms with Gasteiger partial charge in [-0.1, -0.05) is 19.3 Å². The predicted molar refractivity (Wildman–Crippen MR) is 184 cm³/mol. The number of aliphatic carboxylic acids is 1. The number of thiazole rings is 1. The minimum atomic E-state index is -1.91. The highest BCUT2D eigenvalue weighted by Gasteiger charge is 2.48. The van der Waals surface area contributed by atoms with Crippen molar-refractivity contribution in [3.63, 3.8) is 0 Å². The summed E-state index contributed by atoms with van der Waals surface area (Å²) in [4.78, 5) is 35.2. The van der Waals surface area contributed by atoms with Gasteiger partial charge in [0.05, 0.1) is 32.2 Å². The average Bonchev–Trinajstić information content (AvgIpc) is 3.71. The number of fused-ring (bicyclic) bond motifs is 1. The van der Waals surface area contributed by atoms with Crippen molar-refractivity contribution in [2.45, 2.75) is 82.4 Å². The zero-order valence-corrected chi connectivity index (χ0v) is 28.3. The number of imidazole rings is 1. The Morgan fingerprint density at radius 2 is 1.63 bits per heavy atom. The van der Waals surface area contributed by atoms with Crippen LogP contribution in [-0.4, -0.2) is 77.6 Å². The molecule has 51 heavy (non-hydrogen) atoms. The molecular weight excluding hydrogens is 681 g/mol. The van der Waals surface area contributed by atoms with Gasteiger partial charge in [0.1, 0.15) is 42.3 Å². The lowest BCUT2D eigenvalue weighted by molar-refractivity contribution is -0.278. The quantitative estimate of drug-likeness (QED) is 0.144. The van der Waals surface area contributed by atoms with Gasteiger partial charge in [-0.05, 0) is 86.5 Å². The van der Waals surface area contributed by atoms with Gasteiger partial charge in [-0.3, -0.25) is 0 Å². The first-order valence-electron chi connectivity index (χ1n) is 16.7. The van der Waals surface area contributed by atoms with E-state index >= 15 is 0 Å². The van der Waals surface area contributed by atoms with Crippen LogP contribution in [0, 0.1) is 12.7 Å². The molecule has 5 atom stereocenters. The molecular formula is C37H36FN3O9S. The van der Waals surface area contributed by atoms with E-state index in [2.05, 4.69) is 9.55 Å². The Morgan fingerprint density at radius 3 is 2.33 bits per heavy atom. The number of rotatable bonds is 9. The lowest BCUT2D eigenvalue weighted by atomic mass is 9.95. The number of aliphatic hydroxyl groups excluding tert-OH is 3. The monoisotopic (exact) mass is 717 g/mol. The maximum absolute atomic E-state index is 13.5. The van der Waals surface area contributed by atoms with Gasteiger partial charge in [-0.15, -0.1) is 11.3 Å². The number of carbonyl (C=O) groups excluding carboxylic acids is 1. The van der Waals surface area contributed by atoms with Gasteiger partial charge < -0.3 is 39.2 Å². The zero-order chi connectivity index (χ0) is 35.8. The van der Waals surface area contributed by atoms with Gasteiger partial charge in [0.15, 0.2) is 6.10 Å². The fraction of sp³-hybridized carbons (Fsp3) is 0.351. The van der Waals surface area contributed by atoms with E-state index in [1.807, 2.05) is 31.2 Å². The molecule has 2 aromatic heterocycles. The van der Waals surface area contributed by atoms with Crippen LogP contribution in [0.15, 0.2) is 66.7 Å². The van der Waals surface area contributed by atoms with E-state index in [0.29, 0.717) is 11.3 Å². The predicted octanol–water partition coefficient (Wildman–Crippen LogP) is 5.41. The van der Waals surface area contributed by atoms with Gasteiger partial charge in [-0.25, -0.2) is 23.9 Å². The molecule has 12 nitrogen and oxygen atoms in total. The van der Waals surface area contributed by atoms with E-state index in [4.69, 9.17) is 19.2 Å². The van der Waals surface area contributed by atoms with Gasteiger partial charge in [0.25, 0.3) is 0 Å². The number of aliphatic hydroxyl groups is 3. The van der Waals surface area contributed by atoms with Crippen LogP contribution in [-0.2, 0) is 20.9 Å². The van der Waals surface area contributed by atoms with Crippen LogP contribution in [0.3, 0.4) is 0 Å². The van der Waals surface area contributed by atoms with Gasteiger partial charge in [-0.2, -0.15) is 0 Å². The maximum Gasteiger partial charge on any atom is 0.340 e. The number of ether oxygens (including phenoxy) is 3. The number of nitrogens with zero attached hydrogens (tertiary/aromatic N) is 3. The second kappa shape index (κ2) is 14.5. The molecule has 2 aliphatic rings. The van der Waals surface area contributed by atoms with Crippen molar-refractivity contribution in [2.24, 2.45) is 0 Å². The standard InChI is InChI=1S/C37H36FN3O9S/c1-19-39-29(20-7-12-23(38)13-8-20)28(51-19)18-48-25-14-9-21(10-15-25)34-40-26-17-22(11-16-27(26)41(34)24-5-3-2-4-6-24)36(47)50-37-32(44)30(42)31(43)33(49-37)35(45)46/h7-17,24,30-33,37,42-44H,2-6,18H2,1H3,(H,45,46)/t30-,31+,32-,33-,37-/m0/s1. The van der Waals surface area contributed by atoms with Crippen molar-refractivity contribution >= 4 is 34.3 Å². The van der Waals surface area contributed by atoms with E-state index in [1.54, 1.807) is 30.3 Å². The van der Waals surface area contributed by atoms with Crippen molar-refractivity contribution in [3.05, 3.63) is 88.0 Å². The number of benzene rings is 3. The van der Waals surface area contributed by atoms with Crippen LogP contribution >= 0.6 is 11.3 Å². The van der Waals surface area contributed by atoms with Crippen molar-refractivity contribution in [1.82, 2.24) is 14.5 Å². The summed E-state index contributed by atoms with van der Waals surface area (Å²) in [7, 11) is 0. The highest BCUT2D eigenvalue weighted by atomic mass is 32.1. The number of aromatic nitrogens is 3. The number of aryl methyl sites for hydroxylation is 1. The molecule has 4 N–H and O–H groups in total. The largest absolute Gasteiger partial charge is 0.488 e. The highest BCUT2D eigenvalue weighted by Crippen LogP contribution is 2.37. The summed E-state index contributed by atoms with van der Waals surface area (Å²) >= 11 is 1.53. The molecule has 0 unspecified atom stereocenters. The number of esters is 1. The number of carbonyl (C=O) groups is 2. The minimum absolute atomic E-state index is 0.0766. The fourth-order valence-electron chi connectivity index (χ4n) is 6.71.